The Kier molecular flexibility index (Phi) is 6.86. The van der Waals surface area contributed by atoms with Gasteiger partial charge in [-0.05, 0) is 128 Å². The summed E-state index contributed by atoms with van der Waals surface area (Å²) in [6, 6.07) is 74.5. The average Bonchev–Trinajstić information content (AvgIpc) is 3.76. The van der Waals surface area contributed by atoms with E-state index in [-0.39, 0.29) is 0 Å². The Balaban J connectivity index is 1.16. The van der Waals surface area contributed by atoms with E-state index in [9.17, 15) is 0 Å². The Hall–Kier alpha value is -7.16. The van der Waals surface area contributed by atoms with Crippen LogP contribution in [0.3, 0.4) is 0 Å². The Bertz CT molecular complexity index is 3230. The van der Waals surface area contributed by atoms with E-state index in [1.807, 2.05) is 0 Å². The number of rotatable bonds is 5. The van der Waals surface area contributed by atoms with Gasteiger partial charge in [0.25, 0.3) is 0 Å². The molecule has 1 atom stereocenters. The summed E-state index contributed by atoms with van der Waals surface area (Å²) in [7, 11) is 0. The molecule has 2 aliphatic rings. The molecule has 2 nitrogen and oxygen atoms in total. The summed E-state index contributed by atoms with van der Waals surface area (Å²) in [5, 5.41) is 5.15. The zero-order valence-corrected chi connectivity index (χ0v) is 31.7. The molecule has 0 saturated heterocycles. The lowest BCUT2D eigenvalue weighted by Crippen LogP contribution is -2.33. The van der Waals surface area contributed by atoms with Crippen molar-refractivity contribution in [1.82, 2.24) is 4.57 Å². The number of aryl methyl sites for hydroxylation is 1. The van der Waals surface area contributed by atoms with E-state index in [1.54, 1.807) is 0 Å². The molecule has 2 aliphatic carbocycles. The van der Waals surface area contributed by atoms with Crippen molar-refractivity contribution in [1.29, 1.82) is 0 Å². The van der Waals surface area contributed by atoms with Gasteiger partial charge < -0.3 is 9.47 Å². The first-order valence-corrected chi connectivity index (χ1v) is 20.1. The van der Waals surface area contributed by atoms with Gasteiger partial charge in [0.15, 0.2) is 0 Å². The summed E-state index contributed by atoms with van der Waals surface area (Å²) in [4.78, 5) is 2.45. The minimum Gasteiger partial charge on any atom is -0.310 e. The molecule has 1 spiro atoms. The first-order valence-electron chi connectivity index (χ1n) is 20.1. The molecule has 9 aromatic carbocycles. The van der Waals surface area contributed by atoms with Crippen molar-refractivity contribution in [2.24, 2.45) is 0 Å². The van der Waals surface area contributed by atoms with Crippen LogP contribution in [0.15, 0.2) is 200 Å². The molecular weight excluding hydrogens is 689 g/mol. The van der Waals surface area contributed by atoms with Crippen LogP contribution in [-0.2, 0) is 11.8 Å². The molecule has 0 amide bonds. The molecule has 1 heterocycles. The second kappa shape index (κ2) is 12.2. The van der Waals surface area contributed by atoms with Crippen LogP contribution in [0.4, 0.5) is 17.1 Å². The molecule has 0 fully saturated rings. The van der Waals surface area contributed by atoms with E-state index < -0.39 is 5.41 Å². The number of benzene rings is 9. The number of fused-ring (bicyclic) bond motifs is 12. The third-order valence-electron chi connectivity index (χ3n) is 12.7. The van der Waals surface area contributed by atoms with Crippen LogP contribution in [-0.4, -0.2) is 4.57 Å². The number of nitrogens with zero attached hydrogens (tertiary/aromatic N) is 2. The first kappa shape index (κ1) is 32.1. The normalized spacial score (nSPS) is 14.9. The predicted octanol–water partition coefficient (Wildman–Crippen LogP) is 14.3. The number of aromatic nitrogens is 1. The molecule has 1 unspecified atom stereocenters. The fourth-order valence-electron chi connectivity index (χ4n) is 10.5. The van der Waals surface area contributed by atoms with Crippen molar-refractivity contribution in [3.8, 4) is 27.9 Å². The second-order valence-electron chi connectivity index (χ2n) is 15.5. The lowest BCUT2D eigenvalue weighted by atomic mass is 9.60. The maximum absolute atomic E-state index is 2.52. The Morgan fingerprint density at radius 3 is 1.84 bits per heavy atom. The Morgan fingerprint density at radius 1 is 0.439 bits per heavy atom. The zero-order valence-electron chi connectivity index (χ0n) is 31.7. The molecule has 0 N–H and O–H groups in total. The van der Waals surface area contributed by atoms with E-state index in [0.717, 1.165) is 29.2 Å². The van der Waals surface area contributed by atoms with Crippen molar-refractivity contribution in [3.05, 3.63) is 228 Å². The highest BCUT2D eigenvalue weighted by atomic mass is 15.1. The molecule has 0 radical (unpaired) electrons. The summed E-state index contributed by atoms with van der Waals surface area (Å²) in [5.74, 6) is 0. The average molecular weight is 727 g/mol. The van der Waals surface area contributed by atoms with Gasteiger partial charge in [-0.2, -0.15) is 0 Å². The first-order chi connectivity index (χ1) is 28.3. The SMILES string of the molecule is CCc1ccc2cccc3c2c1C1(c2ccccc2-c2ccc(N(c4ccccc4)c4ccc5c(c4)c4ccccc4n5-c4ccccc4)cc21)c1ccccc1-3. The van der Waals surface area contributed by atoms with Gasteiger partial charge in [0.1, 0.15) is 0 Å². The molecule has 12 rings (SSSR count). The summed E-state index contributed by atoms with van der Waals surface area (Å²) < 4.78 is 2.39. The smallest absolute Gasteiger partial charge is 0.0729 e. The van der Waals surface area contributed by atoms with Gasteiger partial charge in [-0.1, -0.05) is 146 Å². The zero-order chi connectivity index (χ0) is 37.7. The third kappa shape index (κ3) is 4.36. The molecule has 10 aromatic rings. The largest absolute Gasteiger partial charge is 0.310 e. The van der Waals surface area contributed by atoms with E-state index in [4.69, 9.17) is 0 Å². The van der Waals surface area contributed by atoms with Crippen molar-refractivity contribution in [2.45, 2.75) is 18.8 Å². The van der Waals surface area contributed by atoms with Gasteiger partial charge in [-0.15, -0.1) is 0 Å². The highest BCUT2D eigenvalue weighted by Crippen LogP contribution is 2.63. The van der Waals surface area contributed by atoms with Gasteiger partial charge in [0, 0.05) is 33.5 Å². The second-order valence-corrected chi connectivity index (χ2v) is 15.5. The summed E-state index contributed by atoms with van der Waals surface area (Å²) in [6.45, 7) is 2.31. The molecule has 0 saturated carbocycles. The summed E-state index contributed by atoms with van der Waals surface area (Å²) in [5.41, 5.74) is 18.6. The van der Waals surface area contributed by atoms with Crippen molar-refractivity contribution >= 4 is 49.6 Å². The van der Waals surface area contributed by atoms with Crippen molar-refractivity contribution in [3.63, 3.8) is 0 Å². The fourth-order valence-corrected chi connectivity index (χ4v) is 10.5. The monoisotopic (exact) mass is 726 g/mol. The maximum atomic E-state index is 2.52. The molecule has 2 heteroatoms. The number of hydrogen-bond donors (Lipinski definition) is 0. The van der Waals surface area contributed by atoms with Crippen LogP contribution < -0.4 is 4.90 Å². The van der Waals surface area contributed by atoms with Crippen molar-refractivity contribution < 1.29 is 0 Å². The highest BCUT2D eigenvalue weighted by Gasteiger charge is 2.51. The van der Waals surface area contributed by atoms with Gasteiger partial charge in [-0.25, -0.2) is 0 Å². The number of para-hydroxylation sites is 3. The van der Waals surface area contributed by atoms with Crippen LogP contribution >= 0.6 is 0 Å². The Labute approximate surface area is 332 Å². The van der Waals surface area contributed by atoms with Crippen LogP contribution in [0.2, 0.25) is 0 Å². The molecule has 268 valence electrons. The maximum Gasteiger partial charge on any atom is 0.0729 e. The Morgan fingerprint density at radius 2 is 1.05 bits per heavy atom. The number of hydrogen-bond acceptors (Lipinski definition) is 1. The molecule has 57 heavy (non-hydrogen) atoms. The van der Waals surface area contributed by atoms with Crippen LogP contribution in [0.1, 0.15) is 34.7 Å². The minimum atomic E-state index is -0.493. The topological polar surface area (TPSA) is 8.17 Å². The van der Waals surface area contributed by atoms with Gasteiger partial charge in [-0.3, -0.25) is 0 Å². The van der Waals surface area contributed by atoms with Gasteiger partial charge >= 0.3 is 0 Å². The summed E-state index contributed by atoms with van der Waals surface area (Å²) in [6.07, 6.45) is 0.952. The molecule has 1 aromatic heterocycles. The standard InChI is InChI=1S/C55H38N2/c1-2-36-28-29-37-16-15-24-46-43-22-10-13-26-49(43)55(54(36)53(37)46)48-25-12-9-21-42(48)44-32-30-41(35-50(44)55)56(38-17-5-3-6-18-38)40-31-33-52-47(34-40)45-23-11-14-27-51(45)57(52)39-19-7-4-8-20-39/h3-35H,2H2,1H3. The minimum absolute atomic E-state index is 0.493. The molecular formula is C55H38N2. The van der Waals surface area contributed by atoms with E-state index in [1.165, 1.54) is 82.6 Å². The lowest BCUT2D eigenvalue weighted by Gasteiger charge is -2.41. The number of anilines is 3. The van der Waals surface area contributed by atoms with Crippen LogP contribution in [0.5, 0.6) is 0 Å². The van der Waals surface area contributed by atoms with E-state index in [0.29, 0.717) is 0 Å². The molecule has 0 bridgehead atoms. The lowest BCUT2D eigenvalue weighted by molar-refractivity contribution is 0.759. The van der Waals surface area contributed by atoms with Crippen LogP contribution in [0.25, 0.3) is 60.5 Å². The van der Waals surface area contributed by atoms with E-state index in [2.05, 4.69) is 217 Å². The highest BCUT2D eigenvalue weighted by molar-refractivity contribution is 6.11. The van der Waals surface area contributed by atoms with E-state index >= 15 is 0 Å². The predicted molar refractivity (Wildman–Crippen MR) is 239 cm³/mol. The van der Waals surface area contributed by atoms with Gasteiger partial charge in [0.2, 0.25) is 0 Å². The quantitative estimate of drug-likeness (QED) is 0.171. The molecule has 0 aliphatic heterocycles. The fraction of sp³-hybridized carbons (Fsp3) is 0.0545. The van der Waals surface area contributed by atoms with Gasteiger partial charge in [0.05, 0.1) is 16.4 Å². The third-order valence-corrected chi connectivity index (χ3v) is 12.7. The summed E-state index contributed by atoms with van der Waals surface area (Å²) >= 11 is 0. The van der Waals surface area contributed by atoms with Crippen LogP contribution in [0, 0.1) is 0 Å². The van der Waals surface area contributed by atoms with Crippen molar-refractivity contribution in [2.75, 3.05) is 4.90 Å².